The second kappa shape index (κ2) is 7.03. The lowest BCUT2D eigenvalue weighted by Crippen LogP contribution is -2.47. The largest absolute Gasteiger partial charge is 0.411 e. The maximum absolute atomic E-state index is 12.1. The van der Waals surface area contributed by atoms with E-state index < -0.39 is 15.4 Å². The molecule has 26 heavy (non-hydrogen) atoms. The van der Waals surface area contributed by atoms with Crippen LogP contribution in [0, 0.1) is 13.8 Å². The number of benzene rings is 1. The van der Waals surface area contributed by atoms with Crippen molar-refractivity contribution in [2.75, 3.05) is 17.3 Å². The fraction of sp³-hybridized carbons (Fsp3) is 0.471. The van der Waals surface area contributed by atoms with E-state index in [4.69, 9.17) is 4.42 Å². The lowest BCUT2D eigenvalue weighted by Gasteiger charge is -2.23. The number of carbonyl (C=O) groups is 1. The van der Waals surface area contributed by atoms with Gasteiger partial charge in [-0.2, -0.15) is 0 Å². The van der Waals surface area contributed by atoms with Gasteiger partial charge in [0.2, 0.25) is 11.8 Å². The zero-order chi connectivity index (χ0) is 18.9. The van der Waals surface area contributed by atoms with Crippen LogP contribution in [0.1, 0.15) is 24.5 Å². The number of carbonyl (C=O) groups excluding carboxylic acids is 1. The zero-order valence-electron chi connectivity index (χ0n) is 14.9. The van der Waals surface area contributed by atoms with Crippen LogP contribution in [-0.4, -0.2) is 47.3 Å². The molecule has 7 nitrogen and oxygen atoms in total. The fourth-order valence-corrected chi connectivity index (χ4v) is 5.75. The molecule has 1 fully saturated rings. The number of rotatable bonds is 5. The number of hydrogen-bond donors (Lipinski definition) is 1. The molecule has 0 saturated carbocycles. The van der Waals surface area contributed by atoms with E-state index in [9.17, 15) is 13.2 Å². The summed E-state index contributed by atoms with van der Waals surface area (Å²) in [5.41, 5.74) is 2.35. The normalized spacial score (nSPS) is 21.7. The molecule has 1 atom stereocenters. The second-order valence-electron chi connectivity index (χ2n) is 6.99. The maximum atomic E-state index is 12.1. The monoisotopic (exact) mass is 395 g/mol. The van der Waals surface area contributed by atoms with Crippen molar-refractivity contribution in [1.82, 2.24) is 15.5 Å². The second-order valence-corrected chi connectivity index (χ2v) is 10.1. The number of nitrogens with zero attached hydrogens (tertiary/aromatic N) is 2. The van der Waals surface area contributed by atoms with Crippen molar-refractivity contribution >= 4 is 27.5 Å². The van der Waals surface area contributed by atoms with E-state index in [1.807, 2.05) is 26.0 Å². The number of aromatic nitrogens is 2. The molecule has 1 aromatic carbocycles. The molecule has 9 heteroatoms. The number of amides is 1. The van der Waals surface area contributed by atoms with Gasteiger partial charge in [0.1, 0.15) is 0 Å². The number of hydrogen-bond acceptors (Lipinski definition) is 7. The van der Waals surface area contributed by atoms with Crippen molar-refractivity contribution in [2.45, 2.75) is 38.0 Å². The third-order valence-corrected chi connectivity index (χ3v) is 6.87. The molecule has 3 rings (SSSR count). The predicted molar refractivity (Wildman–Crippen MR) is 99.8 cm³/mol. The van der Waals surface area contributed by atoms with Gasteiger partial charge in [-0.3, -0.25) is 4.79 Å². The minimum Gasteiger partial charge on any atom is -0.411 e. The molecule has 1 saturated heterocycles. The van der Waals surface area contributed by atoms with Crippen LogP contribution >= 0.6 is 11.8 Å². The Hall–Kier alpha value is -1.87. The number of thioether (sulfide) groups is 1. The van der Waals surface area contributed by atoms with Crippen LogP contribution in [-0.2, 0) is 14.6 Å². The molecule has 0 bridgehead atoms. The zero-order valence-corrected chi connectivity index (χ0v) is 16.5. The van der Waals surface area contributed by atoms with Crippen LogP contribution in [0.15, 0.2) is 27.8 Å². The summed E-state index contributed by atoms with van der Waals surface area (Å²) in [6.07, 6.45) is 0.434. The molecule has 1 N–H and O–H groups in total. The molecule has 2 heterocycles. The Morgan fingerprint density at radius 2 is 1.96 bits per heavy atom. The third kappa shape index (κ3) is 4.64. The van der Waals surface area contributed by atoms with E-state index in [2.05, 4.69) is 21.6 Å². The lowest BCUT2D eigenvalue weighted by molar-refractivity contribution is -0.120. The Bertz CT molecular complexity index is 919. The van der Waals surface area contributed by atoms with Crippen molar-refractivity contribution in [3.8, 4) is 11.5 Å². The Labute approximate surface area is 156 Å². The van der Waals surface area contributed by atoms with Gasteiger partial charge in [-0.05, 0) is 39.3 Å². The SMILES string of the molecule is Cc1cc(C)cc(-c2nnc(SCC(=O)N[C@@]3(C)CCS(=O)(=O)C3)o2)c1. The number of nitrogens with one attached hydrogen (secondary N) is 1. The first-order valence-corrected chi connectivity index (χ1v) is 11.0. The van der Waals surface area contributed by atoms with Gasteiger partial charge < -0.3 is 9.73 Å². The average molecular weight is 396 g/mol. The van der Waals surface area contributed by atoms with E-state index in [0.717, 1.165) is 28.5 Å². The van der Waals surface area contributed by atoms with Gasteiger partial charge in [-0.15, -0.1) is 10.2 Å². The summed E-state index contributed by atoms with van der Waals surface area (Å²) >= 11 is 1.13. The van der Waals surface area contributed by atoms with Gasteiger partial charge in [0, 0.05) is 5.56 Å². The molecule has 1 aliphatic heterocycles. The first-order valence-electron chi connectivity index (χ1n) is 8.21. The van der Waals surface area contributed by atoms with Crippen LogP contribution in [0.5, 0.6) is 0 Å². The van der Waals surface area contributed by atoms with E-state index >= 15 is 0 Å². The Morgan fingerprint density at radius 1 is 1.27 bits per heavy atom. The summed E-state index contributed by atoms with van der Waals surface area (Å²) in [6.45, 7) is 5.75. The molecular formula is C17H21N3O4S2. The lowest BCUT2D eigenvalue weighted by atomic mass is 10.0. The standard InChI is InChI=1S/C17H21N3O4S2/c1-11-6-12(2)8-13(7-11)15-19-20-16(24-15)25-9-14(21)18-17(3)4-5-26(22,23)10-17/h6-8H,4-5,9-10H2,1-3H3,(H,18,21)/t17-/m0/s1. The van der Waals surface area contributed by atoms with E-state index in [1.165, 1.54) is 0 Å². The summed E-state index contributed by atoms with van der Waals surface area (Å²) in [4.78, 5) is 12.1. The van der Waals surface area contributed by atoms with Gasteiger partial charge in [0.25, 0.3) is 5.22 Å². The van der Waals surface area contributed by atoms with Crippen molar-refractivity contribution in [3.63, 3.8) is 0 Å². The Balaban J connectivity index is 1.59. The molecule has 0 aliphatic carbocycles. The molecule has 1 aromatic heterocycles. The van der Waals surface area contributed by atoms with Gasteiger partial charge in [0.15, 0.2) is 9.84 Å². The van der Waals surface area contributed by atoms with Crippen molar-refractivity contribution in [1.29, 1.82) is 0 Å². The van der Waals surface area contributed by atoms with Crippen LogP contribution in [0.4, 0.5) is 0 Å². The molecule has 2 aromatic rings. The van der Waals surface area contributed by atoms with E-state index in [0.29, 0.717) is 17.5 Å². The van der Waals surface area contributed by atoms with Crippen LogP contribution in [0.2, 0.25) is 0 Å². The van der Waals surface area contributed by atoms with Gasteiger partial charge in [0.05, 0.1) is 22.8 Å². The molecule has 0 radical (unpaired) electrons. The van der Waals surface area contributed by atoms with Crippen molar-refractivity contribution < 1.29 is 17.6 Å². The maximum Gasteiger partial charge on any atom is 0.277 e. The first kappa shape index (κ1) is 18.9. The molecule has 140 valence electrons. The highest BCUT2D eigenvalue weighted by Gasteiger charge is 2.39. The van der Waals surface area contributed by atoms with Crippen LogP contribution < -0.4 is 5.32 Å². The number of aryl methyl sites for hydroxylation is 2. The summed E-state index contributed by atoms with van der Waals surface area (Å²) in [5, 5.41) is 11.1. The third-order valence-electron chi connectivity index (χ3n) is 4.15. The van der Waals surface area contributed by atoms with E-state index in [1.54, 1.807) is 6.92 Å². The van der Waals surface area contributed by atoms with Crippen molar-refractivity contribution in [2.24, 2.45) is 0 Å². The Morgan fingerprint density at radius 3 is 2.58 bits per heavy atom. The predicted octanol–water partition coefficient (Wildman–Crippen LogP) is 2.14. The van der Waals surface area contributed by atoms with Crippen LogP contribution in [0.3, 0.4) is 0 Å². The first-order chi connectivity index (χ1) is 12.1. The summed E-state index contributed by atoms with van der Waals surface area (Å²) in [5.74, 6) is 0.340. The molecule has 0 unspecified atom stereocenters. The smallest absolute Gasteiger partial charge is 0.277 e. The summed E-state index contributed by atoms with van der Waals surface area (Å²) in [7, 11) is -3.06. The van der Waals surface area contributed by atoms with Crippen molar-refractivity contribution in [3.05, 3.63) is 29.3 Å². The highest BCUT2D eigenvalue weighted by atomic mass is 32.2. The average Bonchev–Trinajstić information content (AvgIpc) is 3.08. The molecule has 1 aliphatic rings. The van der Waals surface area contributed by atoms with Gasteiger partial charge in [-0.25, -0.2) is 8.42 Å². The highest BCUT2D eigenvalue weighted by Crippen LogP contribution is 2.26. The molecular weight excluding hydrogens is 374 g/mol. The number of sulfone groups is 1. The van der Waals surface area contributed by atoms with Crippen LogP contribution in [0.25, 0.3) is 11.5 Å². The minimum absolute atomic E-state index is 0.0200. The summed E-state index contributed by atoms with van der Waals surface area (Å²) in [6, 6.07) is 5.98. The molecule has 0 spiro atoms. The molecule has 1 amide bonds. The van der Waals surface area contributed by atoms with E-state index in [-0.39, 0.29) is 23.2 Å². The minimum atomic E-state index is -3.06. The quantitative estimate of drug-likeness (QED) is 0.774. The Kier molecular flexibility index (Phi) is 5.12. The fourth-order valence-electron chi connectivity index (χ4n) is 3.09. The topological polar surface area (TPSA) is 102 Å². The highest BCUT2D eigenvalue weighted by molar-refractivity contribution is 7.99. The van der Waals surface area contributed by atoms with Gasteiger partial charge in [-0.1, -0.05) is 29.0 Å². The summed E-state index contributed by atoms with van der Waals surface area (Å²) < 4.78 is 28.8. The van der Waals surface area contributed by atoms with Gasteiger partial charge >= 0.3 is 0 Å².